The zero-order valence-corrected chi connectivity index (χ0v) is 22.4. The second kappa shape index (κ2) is 9.82. The molecule has 10 nitrogen and oxygen atoms in total. The van der Waals surface area contributed by atoms with Crippen LogP contribution in [0.15, 0.2) is 101 Å². The van der Waals surface area contributed by atoms with Gasteiger partial charge in [0, 0.05) is 10.2 Å². The van der Waals surface area contributed by atoms with E-state index in [-0.39, 0.29) is 41.8 Å². The summed E-state index contributed by atoms with van der Waals surface area (Å²) >= 11 is 0. The van der Waals surface area contributed by atoms with Crippen molar-refractivity contribution in [3.63, 3.8) is 0 Å². The first kappa shape index (κ1) is 26.1. The molecule has 0 fully saturated rings. The second-order valence-electron chi connectivity index (χ2n) is 7.56. The normalized spacial score (nSPS) is 11.8. The van der Waals surface area contributed by atoms with E-state index in [1.54, 1.807) is 6.07 Å². The maximum Gasteiger partial charge on any atom is 1.00 e. The fraction of sp³-hybridized carbons (Fsp3) is 0. The van der Waals surface area contributed by atoms with Crippen molar-refractivity contribution >= 4 is 31.0 Å². The molecule has 0 aliphatic heterocycles. The number of nitrogens with zero attached hydrogens (tertiary/aromatic N) is 4. The molecule has 0 radical (unpaired) electrons. The fourth-order valence-electron chi connectivity index (χ4n) is 3.65. The van der Waals surface area contributed by atoms with Gasteiger partial charge in [0.05, 0.1) is 20.5 Å². The minimum atomic E-state index is -5.09. The van der Waals surface area contributed by atoms with E-state index in [2.05, 4.69) is 10.2 Å². The Morgan fingerprint density at radius 3 is 2.11 bits per heavy atom. The smallest absolute Gasteiger partial charge is 1.00 e. The average molecular weight is 533 g/mol. The molecule has 0 bridgehead atoms. The van der Waals surface area contributed by atoms with Crippen LogP contribution < -0.4 is 34.4 Å². The summed E-state index contributed by atoms with van der Waals surface area (Å²) < 4.78 is 68.6. The first-order valence-corrected chi connectivity index (χ1v) is 13.0. The summed E-state index contributed by atoms with van der Waals surface area (Å²) in [5.74, 6) is 0.396. The molecule has 4 aromatic carbocycles. The van der Waals surface area contributed by atoms with Gasteiger partial charge >= 0.3 is 35.4 Å². The van der Waals surface area contributed by atoms with Crippen molar-refractivity contribution in [3.05, 3.63) is 91.0 Å². The van der Waals surface area contributed by atoms with Gasteiger partial charge in [0.2, 0.25) is 0 Å². The maximum atomic E-state index is 12.0. The van der Waals surface area contributed by atoms with E-state index < -0.39 is 30.0 Å². The Hall–Kier alpha value is -2.97. The number of para-hydroxylation sites is 1. The van der Waals surface area contributed by atoms with E-state index in [1.165, 1.54) is 21.7 Å². The third-order valence-electron chi connectivity index (χ3n) is 5.25. The third kappa shape index (κ3) is 5.11. The summed E-state index contributed by atoms with van der Waals surface area (Å²) in [6.45, 7) is 0. The van der Waals surface area contributed by atoms with Crippen LogP contribution in [0.3, 0.4) is 0 Å². The Kier molecular flexibility index (Phi) is 7.12. The average Bonchev–Trinajstić information content (AvgIpc) is 3.28. The molecule has 0 unspecified atom stereocenters. The van der Waals surface area contributed by atoms with Gasteiger partial charge in [0.15, 0.2) is 5.69 Å². The first-order chi connectivity index (χ1) is 16.6. The molecule has 1 heterocycles. The van der Waals surface area contributed by atoms with Crippen molar-refractivity contribution in [1.82, 2.24) is 15.0 Å². The number of fused-ring (bicyclic) bond motifs is 1. The molecule has 5 rings (SSSR count). The number of aromatic nitrogens is 4. The monoisotopic (exact) mass is 532 g/mol. The van der Waals surface area contributed by atoms with Crippen molar-refractivity contribution in [2.24, 2.45) is 0 Å². The van der Waals surface area contributed by atoms with E-state index in [0.717, 1.165) is 11.6 Å². The number of benzene rings is 4. The van der Waals surface area contributed by atoms with Crippen molar-refractivity contribution in [3.8, 4) is 22.8 Å². The van der Waals surface area contributed by atoms with Crippen LogP contribution in [0.4, 0.5) is 0 Å². The zero-order chi connectivity index (χ0) is 24.8. The van der Waals surface area contributed by atoms with Crippen LogP contribution in [0.25, 0.3) is 33.5 Å². The van der Waals surface area contributed by atoms with Crippen molar-refractivity contribution in [2.45, 2.75) is 9.79 Å². The molecule has 0 spiro atoms. The Morgan fingerprint density at radius 1 is 0.861 bits per heavy atom. The van der Waals surface area contributed by atoms with E-state index >= 15 is 0 Å². The molecule has 0 amide bonds. The molecular formula is C23H17N4NaO6S2. The van der Waals surface area contributed by atoms with Gasteiger partial charge in [-0.15, -0.1) is 0 Å². The molecule has 13 heteroatoms. The van der Waals surface area contributed by atoms with Crippen LogP contribution in [-0.4, -0.2) is 40.9 Å². The van der Waals surface area contributed by atoms with Crippen LogP contribution in [0.1, 0.15) is 1.43 Å². The minimum absolute atomic E-state index is 0. The van der Waals surface area contributed by atoms with Gasteiger partial charge in [-0.3, -0.25) is 4.55 Å². The van der Waals surface area contributed by atoms with Gasteiger partial charge in [-0.2, -0.15) is 8.42 Å². The molecule has 5 aromatic rings. The molecular weight excluding hydrogens is 515 g/mol. The van der Waals surface area contributed by atoms with Crippen molar-refractivity contribution in [2.75, 3.05) is 0 Å². The van der Waals surface area contributed by atoms with Gasteiger partial charge < -0.3 is 5.98 Å². The quantitative estimate of drug-likeness (QED) is 0.183. The summed E-state index contributed by atoms with van der Waals surface area (Å²) in [4.78, 5) is 1.48. The molecule has 0 aliphatic rings. The van der Waals surface area contributed by atoms with Gasteiger partial charge in [0.25, 0.3) is 10.1 Å². The van der Waals surface area contributed by atoms with Crippen LogP contribution >= 0.6 is 0 Å². The van der Waals surface area contributed by atoms with Crippen molar-refractivity contribution in [1.29, 1.82) is 0 Å². The molecule has 0 aliphatic carbocycles. The van der Waals surface area contributed by atoms with Gasteiger partial charge in [0.1, 0.15) is 15.8 Å². The predicted octanol–water partition coefficient (Wildman–Crippen LogP) is -0.368. The van der Waals surface area contributed by atoms with Crippen LogP contribution in [0.2, 0.25) is 0 Å². The third-order valence-corrected chi connectivity index (χ3v) is 6.96. The summed E-state index contributed by atoms with van der Waals surface area (Å²) in [5, 5.41) is 9.29. The summed E-state index contributed by atoms with van der Waals surface area (Å²) in [7, 11) is -9.83. The van der Waals surface area contributed by atoms with Crippen molar-refractivity contribution < 1.29 is 61.7 Å². The van der Waals surface area contributed by atoms with Crippen LogP contribution in [0.5, 0.6) is 0 Å². The fourth-order valence-corrected chi connectivity index (χ4v) is 4.98. The Balaban J connectivity index is 0.00000190. The topological polar surface area (TPSA) is 146 Å². The SMILES string of the molecule is O=S(=O)([O-])c1cc(S(=O)(=O)O)cc2ccc(-n3nc(-c4ccccc4)n[n+]3-c3ccccc3)cc12.[H-].[Na+]. The zero-order valence-electron chi connectivity index (χ0n) is 19.8. The predicted molar refractivity (Wildman–Crippen MR) is 125 cm³/mol. The molecule has 0 atom stereocenters. The molecule has 36 heavy (non-hydrogen) atoms. The summed E-state index contributed by atoms with van der Waals surface area (Å²) in [5.41, 5.74) is 1.78. The van der Waals surface area contributed by atoms with E-state index in [1.807, 2.05) is 60.7 Å². The maximum absolute atomic E-state index is 12.0. The van der Waals surface area contributed by atoms with E-state index in [4.69, 9.17) is 0 Å². The number of hydrogen-bond donors (Lipinski definition) is 1. The minimum Gasteiger partial charge on any atom is -1.00 e. The Bertz CT molecular complexity index is 1800. The second-order valence-corrected chi connectivity index (χ2v) is 10.3. The van der Waals surface area contributed by atoms with Crippen LogP contribution in [0, 0.1) is 0 Å². The number of rotatable bonds is 5. The summed E-state index contributed by atoms with van der Waals surface area (Å²) in [6, 6.07) is 24.5. The molecule has 1 aromatic heterocycles. The Labute approximate surface area is 230 Å². The van der Waals surface area contributed by atoms with Gasteiger partial charge in [-0.25, -0.2) is 8.42 Å². The van der Waals surface area contributed by atoms with Crippen LogP contribution in [-0.2, 0) is 20.2 Å². The number of tetrazole rings is 1. The van der Waals surface area contributed by atoms with Gasteiger partial charge in [-0.1, -0.05) is 42.5 Å². The molecule has 0 saturated carbocycles. The summed E-state index contributed by atoms with van der Waals surface area (Å²) in [6.07, 6.45) is 0. The number of hydrogen-bond acceptors (Lipinski definition) is 7. The molecule has 1 N–H and O–H groups in total. The van der Waals surface area contributed by atoms with E-state index in [9.17, 15) is 25.9 Å². The largest absolute Gasteiger partial charge is 1.00 e. The Morgan fingerprint density at radius 2 is 1.50 bits per heavy atom. The van der Waals surface area contributed by atoms with E-state index in [0.29, 0.717) is 23.3 Å². The first-order valence-electron chi connectivity index (χ1n) is 10.1. The standard InChI is InChI=1S/C23H16N4O6S2.Na.H/c28-34(29,30)20-13-17-11-12-19(14-21(17)22(15-20)35(31,32)33)27-25-23(16-7-3-1-4-8-16)24-26(27)18-9-5-2-6-10-18;;/h1-15H,(H-,28,29,30,31,32,33);;/q;+1;-1. The molecule has 0 saturated heterocycles. The molecule has 178 valence electrons. The van der Waals surface area contributed by atoms with Gasteiger partial charge in [-0.05, 0) is 63.8 Å².